The van der Waals surface area contributed by atoms with E-state index in [1.807, 2.05) is 6.07 Å². The number of piperidine rings is 1. The Morgan fingerprint density at radius 3 is 3.15 bits per heavy atom. The van der Waals surface area contributed by atoms with Gasteiger partial charge in [0.05, 0.1) is 5.56 Å². The fourth-order valence-electron chi connectivity index (χ4n) is 2.43. The van der Waals surface area contributed by atoms with Gasteiger partial charge in [0.25, 0.3) is 17.6 Å². The quantitative estimate of drug-likeness (QED) is 0.836. The predicted molar refractivity (Wildman–Crippen MR) is 71.8 cm³/mol. The highest BCUT2D eigenvalue weighted by molar-refractivity contribution is 5.90. The molecular formula is C14H16N4O2. The van der Waals surface area contributed by atoms with Crippen LogP contribution in [0.2, 0.25) is 0 Å². The van der Waals surface area contributed by atoms with Gasteiger partial charge in [0, 0.05) is 25.5 Å². The van der Waals surface area contributed by atoms with Crippen LogP contribution in [0.3, 0.4) is 0 Å². The molecule has 6 heteroatoms. The highest BCUT2D eigenvalue weighted by Gasteiger charge is 2.25. The Kier molecular flexibility index (Phi) is 3.45. The molecule has 0 N–H and O–H groups in total. The number of likely N-dealkylation sites (tertiary alicyclic amines) is 1. The molecule has 1 atom stereocenters. The zero-order valence-corrected chi connectivity index (χ0v) is 11.3. The van der Waals surface area contributed by atoms with E-state index in [-0.39, 0.29) is 11.7 Å². The van der Waals surface area contributed by atoms with E-state index < -0.39 is 0 Å². The number of rotatable bonds is 2. The van der Waals surface area contributed by atoms with Crippen LogP contribution in [0.5, 0.6) is 0 Å². The Morgan fingerprint density at radius 1 is 1.50 bits per heavy atom. The standard InChI is InChI=1S/C14H16N4O2/c1-10-4-3-7-18(9-10)14(19)12-16-13(20-17-12)11-5-2-6-15-8-11/h2,5-6,8,10H,3-4,7,9H2,1H3. The maximum atomic E-state index is 12.3. The van der Waals surface area contributed by atoms with Crippen molar-refractivity contribution in [3.63, 3.8) is 0 Å². The van der Waals surface area contributed by atoms with Crippen molar-refractivity contribution in [2.45, 2.75) is 19.8 Å². The Labute approximate surface area is 116 Å². The lowest BCUT2D eigenvalue weighted by molar-refractivity contribution is 0.0667. The molecule has 1 aliphatic heterocycles. The normalized spacial score (nSPS) is 19.1. The van der Waals surface area contributed by atoms with E-state index in [2.05, 4.69) is 22.0 Å². The zero-order chi connectivity index (χ0) is 13.9. The summed E-state index contributed by atoms with van der Waals surface area (Å²) in [5.41, 5.74) is 0.714. The average Bonchev–Trinajstić information content (AvgIpc) is 2.97. The molecule has 0 aromatic carbocycles. The van der Waals surface area contributed by atoms with E-state index in [1.165, 1.54) is 0 Å². The number of hydrogen-bond acceptors (Lipinski definition) is 5. The van der Waals surface area contributed by atoms with E-state index in [4.69, 9.17) is 4.52 Å². The van der Waals surface area contributed by atoms with Gasteiger partial charge >= 0.3 is 0 Å². The first-order chi connectivity index (χ1) is 9.74. The number of amides is 1. The Hall–Kier alpha value is -2.24. The number of carbonyl (C=O) groups is 1. The van der Waals surface area contributed by atoms with E-state index >= 15 is 0 Å². The highest BCUT2D eigenvalue weighted by atomic mass is 16.5. The van der Waals surface area contributed by atoms with Crippen molar-refractivity contribution in [2.24, 2.45) is 5.92 Å². The molecule has 1 fully saturated rings. The van der Waals surface area contributed by atoms with Crippen LogP contribution in [0.15, 0.2) is 29.0 Å². The van der Waals surface area contributed by atoms with Crippen LogP contribution in [-0.4, -0.2) is 39.0 Å². The highest BCUT2D eigenvalue weighted by Crippen LogP contribution is 2.19. The summed E-state index contributed by atoms with van der Waals surface area (Å²) in [7, 11) is 0. The number of carbonyl (C=O) groups excluding carboxylic acids is 1. The minimum absolute atomic E-state index is 0.123. The van der Waals surface area contributed by atoms with Gasteiger partial charge in [0.15, 0.2) is 0 Å². The number of nitrogens with zero attached hydrogens (tertiary/aromatic N) is 4. The van der Waals surface area contributed by atoms with Crippen molar-refractivity contribution in [1.29, 1.82) is 0 Å². The van der Waals surface area contributed by atoms with Crippen LogP contribution in [0.4, 0.5) is 0 Å². The van der Waals surface area contributed by atoms with Crippen LogP contribution >= 0.6 is 0 Å². The van der Waals surface area contributed by atoms with Crippen LogP contribution in [0.25, 0.3) is 11.5 Å². The lowest BCUT2D eigenvalue weighted by Crippen LogP contribution is -2.39. The Morgan fingerprint density at radius 2 is 2.40 bits per heavy atom. The zero-order valence-electron chi connectivity index (χ0n) is 11.3. The summed E-state index contributed by atoms with van der Waals surface area (Å²) in [6, 6.07) is 3.60. The van der Waals surface area contributed by atoms with Gasteiger partial charge in [-0.25, -0.2) is 0 Å². The van der Waals surface area contributed by atoms with Crippen LogP contribution in [0, 0.1) is 5.92 Å². The third kappa shape index (κ3) is 2.54. The summed E-state index contributed by atoms with van der Waals surface area (Å²) in [4.78, 5) is 22.3. The summed E-state index contributed by atoms with van der Waals surface area (Å²) < 4.78 is 5.14. The fraction of sp³-hybridized carbons (Fsp3) is 0.429. The molecule has 0 radical (unpaired) electrons. The average molecular weight is 272 g/mol. The van der Waals surface area contributed by atoms with Gasteiger partial charge in [-0.2, -0.15) is 4.98 Å². The van der Waals surface area contributed by atoms with Crippen LogP contribution in [-0.2, 0) is 0 Å². The van der Waals surface area contributed by atoms with Gasteiger partial charge in [0.2, 0.25) is 0 Å². The molecule has 20 heavy (non-hydrogen) atoms. The molecule has 3 rings (SSSR count). The van der Waals surface area contributed by atoms with Crippen molar-refractivity contribution in [2.75, 3.05) is 13.1 Å². The largest absolute Gasteiger partial charge is 0.336 e. The van der Waals surface area contributed by atoms with E-state index in [0.717, 1.165) is 25.9 Å². The number of pyridine rings is 1. The minimum Gasteiger partial charge on any atom is -0.336 e. The van der Waals surface area contributed by atoms with E-state index in [1.54, 1.807) is 23.4 Å². The monoisotopic (exact) mass is 272 g/mol. The summed E-state index contributed by atoms with van der Waals surface area (Å²) in [6.07, 6.45) is 5.49. The third-order valence-corrected chi connectivity index (χ3v) is 3.47. The summed E-state index contributed by atoms with van der Waals surface area (Å²) in [5, 5.41) is 3.79. The second-order valence-electron chi connectivity index (χ2n) is 5.16. The first-order valence-corrected chi connectivity index (χ1v) is 6.77. The van der Waals surface area contributed by atoms with Gasteiger partial charge in [0.1, 0.15) is 0 Å². The molecule has 0 saturated carbocycles. The lowest BCUT2D eigenvalue weighted by atomic mass is 10.0. The van der Waals surface area contributed by atoms with Gasteiger partial charge in [-0.15, -0.1) is 0 Å². The van der Waals surface area contributed by atoms with Gasteiger partial charge in [-0.3, -0.25) is 9.78 Å². The van der Waals surface area contributed by atoms with E-state index in [0.29, 0.717) is 17.4 Å². The number of aromatic nitrogens is 3. The Balaban J connectivity index is 1.78. The summed E-state index contributed by atoms with van der Waals surface area (Å²) in [6.45, 7) is 3.67. The minimum atomic E-state index is -0.157. The van der Waals surface area contributed by atoms with Crippen molar-refractivity contribution in [3.05, 3.63) is 30.4 Å². The molecule has 0 aliphatic carbocycles. The first kappa shape index (κ1) is 12.8. The molecule has 3 heterocycles. The SMILES string of the molecule is CC1CCCN(C(=O)c2noc(-c3cccnc3)n2)C1. The molecule has 1 unspecified atom stereocenters. The molecule has 2 aromatic heterocycles. The molecular weight excluding hydrogens is 256 g/mol. The Bertz CT molecular complexity index is 596. The van der Waals surface area contributed by atoms with Gasteiger partial charge < -0.3 is 9.42 Å². The van der Waals surface area contributed by atoms with Gasteiger partial charge in [-0.1, -0.05) is 12.1 Å². The second kappa shape index (κ2) is 5.40. The summed E-state index contributed by atoms with van der Waals surface area (Å²) >= 11 is 0. The number of hydrogen-bond donors (Lipinski definition) is 0. The lowest BCUT2D eigenvalue weighted by Gasteiger charge is -2.29. The molecule has 1 aliphatic rings. The third-order valence-electron chi connectivity index (χ3n) is 3.47. The smallest absolute Gasteiger partial charge is 0.295 e. The first-order valence-electron chi connectivity index (χ1n) is 6.77. The fourth-order valence-corrected chi connectivity index (χ4v) is 2.43. The maximum Gasteiger partial charge on any atom is 0.295 e. The topological polar surface area (TPSA) is 72.1 Å². The molecule has 0 bridgehead atoms. The van der Waals surface area contributed by atoms with Crippen molar-refractivity contribution in [1.82, 2.24) is 20.0 Å². The van der Waals surface area contributed by atoms with Gasteiger partial charge in [-0.05, 0) is 30.9 Å². The van der Waals surface area contributed by atoms with Crippen molar-refractivity contribution >= 4 is 5.91 Å². The molecule has 0 spiro atoms. The molecule has 6 nitrogen and oxygen atoms in total. The maximum absolute atomic E-state index is 12.3. The van der Waals surface area contributed by atoms with E-state index in [9.17, 15) is 4.79 Å². The predicted octanol–water partition coefficient (Wildman–Crippen LogP) is 2.00. The molecule has 1 amide bonds. The molecule has 104 valence electrons. The van der Waals surface area contributed by atoms with Crippen molar-refractivity contribution in [3.8, 4) is 11.5 Å². The molecule has 1 saturated heterocycles. The molecule has 2 aromatic rings. The van der Waals surface area contributed by atoms with Crippen LogP contribution in [0.1, 0.15) is 30.4 Å². The van der Waals surface area contributed by atoms with Crippen molar-refractivity contribution < 1.29 is 9.32 Å². The summed E-state index contributed by atoms with van der Waals surface area (Å²) in [5.74, 6) is 0.817. The second-order valence-corrected chi connectivity index (χ2v) is 5.16. The van der Waals surface area contributed by atoms with Crippen LogP contribution < -0.4 is 0 Å².